The summed E-state index contributed by atoms with van der Waals surface area (Å²) >= 11 is 1.48. The van der Waals surface area contributed by atoms with Crippen molar-refractivity contribution in [1.29, 1.82) is 0 Å². The van der Waals surface area contributed by atoms with Gasteiger partial charge < -0.3 is 9.47 Å². The van der Waals surface area contributed by atoms with Gasteiger partial charge in [0.25, 0.3) is 5.91 Å². The second-order valence-corrected chi connectivity index (χ2v) is 7.35. The minimum absolute atomic E-state index is 0.157. The molecule has 1 aliphatic rings. The molecule has 28 heavy (non-hydrogen) atoms. The summed E-state index contributed by atoms with van der Waals surface area (Å²) in [6, 6.07) is 24.7. The van der Waals surface area contributed by atoms with Crippen LogP contribution in [0.5, 0.6) is 11.5 Å². The van der Waals surface area contributed by atoms with Gasteiger partial charge in [-0.2, -0.15) is 0 Å². The molecule has 1 aromatic heterocycles. The summed E-state index contributed by atoms with van der Waals surface area (Å²) in [7, 11) is 0. The van der Waals surface area contributed by atoms with Gasteiger partial charge in [-0.05, 0) is 36.4 Å². The third-order valence-electron chi connectivity index (χ3n) is 4.49. The van der Waals surface area contributed by atoms with E-state index in [4.69, 9.17) is 9.47 Å². The molecular formula is C22H16N2O3S. The van der Waals surface area contributed by atoms with E-state index in [9.17, 15) is 4.79 Å². The van der Waals surface area contributed by atoms with Gasteiger partial charge in [-0.1, -0.05) is 53.8 Å². The van der Waals surface area contributed by atoms with E-state index in [0.29, 0.717) is 16.6 Å². The van der Waals surface area contributed by atoms with Gasteiger partial charge in [-0.15, -0.1) is 0 Å². The Balaban J connectivity index is 1.54. The SMILES string of the molecule is O=C([C@@H]1COc2ccccc2O1)N(c1ccccc1)c1nc2ccccc2s1. The van der Waals surface area contributed by atoms with Gasteiger partial charge in [0.05, 0.1) is 15.9 Å². The fraction of sp³-hybridized carbons (Fsp3) is 0.0909. The Labute approximate surface area is 165 Å². The highest BCUT2D eigenvalue weighted by Gasteiger charge is 2.34. The molecule has 0 saturated carbocycles. The number of carbonyl (C=O) groups excluding carboxylic acids is 1. The summed E-state index contributed by atoms with van der Waals surface area (Å²) in [4.78, 5) is 19.8. The lowest BCUT2D eigenvalue weighted by atomic mass is 10.2. The summed E-state index contributed by atoms with van der Waals surface area (Å²) in [6.45, 7) is 0.157. The Bertz CT molecular complexity index is 1110. The summed E-state index contributed by atoms with van der Waals surface area (Å²) in [6.07, 6.45) is -0.748. The van der Waals surface area contributed by atoms with Crippen LogP contribution in [0, 0.1) is 0 Å². The Morgan fingerprint density at radius 1 is 0.929 bits per heavy atom. The van der Waals surface area contributed by atoms with Crippen LogP contribution in [0.4, 0.5) is 10.8 Å². The highest BCUT2D eigenvalue weighted by molar-refractivity contribution is 7.22. The van der Waals surface area contributed by atoms with E-state index < -0.39 is 6.10 Å². The third kappa shape index (κ3) is 2.97. The van der Waals surface area contributed by atoms with Crippen LogP contribution in [0.1, 0.15) is 0 Å². The topological polar surface area (TPSA) is 51.7 Å². The number of aromatic nitrogens is 1. The standard InChI is InChI=1S/C22H16N2O3S/c25-21(19-14-26-17-11-5-6-12-18(17)27-19)24(15-8-2-1-3-9-15)22-23-16-10-4-7-13-20(16)28-22/h1-13,19H,14H2/t19-/m0/s1. The number of ether oxygens (including phenoxy) is 2. The Hall–Kier alpha value is -3.38. The first-order valence-corrected chi connectivity index (χ1v) is 9.74. The maximum absolute atomic E-state index is 13.5. The van der Waals surface area contributed by atoms with Gasteiger partial charge in [0, 0.05) is 0 Å². The van der Waals surface area contributed by atoms with E-state index in [1.54, 1.807) is 11.0 Å². The number of benzene rings is 3. The molecule has 2 heterocycles. The lowest BCUT2D eigenvalue weighted by Crippen LogP contribution is -2.44. The number of fused-ring (bicyclic) bond motifs is 2. The van der Waals surface area contributed by atoms with E-state index in [2.05, 4.69) is 4.98 Å². The molecule has 0 bridgehead atoms. The molecule has 0 saturated heterocycles. The maximum Gasteiger partial charge on any atom is 0.278 e. The minimum atomic E-state index is -0.748. The zero-order valence-corrected chi connectivity index (χ0v) is 15.6. The quantitative estimate of drug-likeness (QED) is 0.506. The fourth-order valence-corrected chi connectivity index (χ4v) is 4.14. The fourth-order valence-electron chi connectivity index (χ4n) is 3.15. The van der Waals surface area contributed by atoms with Crippen LogP contribution in [0.25, 0.3) is 10.2 Å². The largest absolute Gasteiger partial charge is 0.485 e. The molecule has 5 nitrogen and oxygen atoms in total. The smallest absolute Gasteiger partial charge is 0.278 e. The van der Waals surface area contributed by atoms with Crippen molar-refractivity contribution in [3.8, 4) is 11.5 Å². The Kier molecular flexibility index (Phi) is 4.18. The normalized spacial score (nSPS) is 15.4. The van der Waals surface area contributed by atoms with Crippen LogP contribution in [-0.2, 0) is 4.79 Å². The van der Waals surface area contributed by atoms with Gasteiger partial charge in [-0.25, -0.2) is 4.98 Å². The molecule has 3 aromatic carbocycles. The summed E-state index contributed by atoms with van der Waals surface area (Å²) in [5.41, 5.74) is 1.61. The lowest BCUT2D eigenvalue weighted by Gasteiger charge is -2.29. The average Bonchev–Trinajstić information content (AvgIpc) is 3.18. The molecule has 1 aliphatic heterocycles. The van der Waals surface area contributed by atoms with E-state index in [1.807, 2.05) is 72.8 Å². The molecule has 0 fully saturated rings. The number of hydrogen-bond acceptors (Lipinski definition) is 5. The van der Waals surface area contributed by atoms with Crippen LogP contribution < -0.4 is 14.4 Å². The number of para-hydroxylation sites is 4. The van der Waals surface area contributed by atoms with Crippen LogP contribution >= 0.6 is 11.3 Å². The molecule has 6 heteroatoms. The van der Waals surface area contributed by atoms with Crippen molar-refractivity contribution in [2.75, 3.05) is 11.5 Å². The number of rotatable bonds is 3. The van der Waals surface area contributed by atoms with E-state index in [0.717, 1.165) is 15.9 Å². The third-order valence-corrected chi connectivity index (χ3v) is 5.51. The van der Waals surface area contributed by atoms with E-state index in [-0.39, 0.29) is 12.5 Å². The van der Waals surface area contributed by atoms with Crippen LogP contribution in [-0.4, -0.2) is 23.6 Å². The van der Waals surface area contributed by atoms with E-state index in [1.165, 1.54) is 11.3 Å². The predicted molar refractivity (Wildman–Crippen MR) is 110 cm³/mol. The van der Waals surface area contributed by atoms with E-state index >= 15 is 0 Å². The van der Waals surface area contributed by atoms with Crippen LogP contribution in [0.3, 0.4) is 0 Å². The zero-order valence-electron chi connectivity index (χ0n) is 14.8. The van der Waals surface area contributed by atoms with Crippen LogP contribution in [0.15, 0.2) is 78.9 Å². The van der Waals surface area contributed by atoms with Gasteiger partial charge >= 0.3 is 0 Å². The Morgan fingerprint density at radius 3 is 2.46 bits per heavy atom. The Morgan fingerprint density at radius 2 is 1.64 bits per heavy atom. The molecule has 0 radical (unpaired) electrons. The molecule has 0 N–H and O–H groups in total. The average molecular weight is 388 g/mol. The van der Waals surface area contributed by atoms with Gasteiger partial charge in [0.15, 0.2) is 16.6 Å². The first kappa shape index (κ1) is 16.8. The molecule has 0 aliphatic carbocycles. The number of anilines is 2. The molecule has 4 aromatic rings. The van der Waals surface area contributed by atoms with Crippen molar-refractivity contribution in [1.82, 2.24) is 4.98 Å². The first-order chi connectivity index (χ1) is 13.8. The van der Waals surface area contributed by atoms with Crippen molar-refractivity contribution in [3.05, 3.63) is 78.9 Å². The number of hydrogen-bond donors (Lipinski definition) is 0. The molecule has 0 spiro atoms. The summed E-state index contributed by atoms with van der Waals surface area (Å²) in [5, 5.41) is 0.611. The first-order valence-electron chi connectivity index (χ1n) is 8.93. The van der Waals surface area contributed by atoms with Crippen molar-refractivity contribution in [3.63, 3.8) is 0 Å². The van der Waals surface area contributed by atoms with Crippen molar-refractivity contribution in [2.45, 2.75) is 6.10 Å². The number of amides is 1. The van der Waals surface area contributed by atoms with Crippen molar-refractivity contribution < 1.29 is 14.3 Å². The second-order valence-electron chi connectivity index (χ2n) is 6.34. The van der Waals surface area contributed by atoms with Crippen molar-refractivity contribution in [2.24, 2.45) is 0 Å². The summed E-state index contributed by atoms with van der Waals surface area (Å²) < 4.78 is 12.7. The highest BCUT2D eigenvalue weighted by Crippen LogP contribution is 2.36. The van der Waals surface area contributed by atoms with Gasteiger partial charge in [-0.3, -0.25) is 9.69 Å². The molecule has 1 atom stereocenters. The lowest BCUT2D eigenvalue weighted by molar-refractivity contribution is -0.126. The number of thiazole rings is 1. The maximum atomic E-state index is 13.5. The van der Waals surface area contributed by atoms with Crippen LogP contribution in [0.2, 0.25) is 0 Å². The predicted octanol–water partition coefficient (Wildman–Crippen LogP) is 4.80. The minimum Gasteiger partial charge on any atom is -0.485 e. The highest BCUT2D eigenvalue weighted by atomic mass is 32.1. The number of nitrogens with zero attached hydrogens (tertiary/aromatic N) is 2. The zero-order chi connectivity index (χ0) is 18.9. The second kappa shape index (κ2) is 6.98. The van der Waals surface area contributed by atoms with Crippen molar-refractivity contribution >= 4 is 38.3 Å². The molecule has 5 rings (SSSR count). The summed E-state index contributed by atoms with van der Waals surface area (Å²) in [5.74, 6) is 1.02. The monoisotopic (exact) mass is 388 g/mol. The molecule has 138 valence electrons. The number of carbonyl (C=O) groups is 1. The van der Waals surface area contributed by atoms with Gasteiger partial charge in [0.1, 0.15) is 6.61 Å². The van der Waals surface area contributed by atoms with Gasteiger partial charge in [0.2, 0.25) is 6.10 Å². The molecular weight excluding hydrogens is 372 g/mol. The molecule has 1 amide bonds. The molecule has 0 unspecified atom stereocenters.